The predicted octanol–water partition coefficient (Wildman–Crippen LogP) is 3.80. The van der Waals surface area contributed by atoms with Crippen molar-refractivity contribution >= 4 is 40.8 Å². The molecule has 0 saturated heterocycles. The molecule has 1 heterocycles. The maximum absolute atomic E-state index is 12.5. The van der Waals surface area contributed by atoms with Gasteiger partial charge in [0.15, 0.2) is 4.77 Å². The lowest BCUT2D eigenvalue weighted by Gasteiger charge is -2.15. The van der Waals surface area contributed by atoms with E-state index in [1.165, 1.54) is 4.90 Å². The molecular weight excluding hydrogens is 354 g/mol. The fourth-order valence-electron chi connectivity index (χ4n) is 2.57. The van der Waals surface area contributed by atoms with Gasteiger partial charge < -0.3 is 10.3 Å². The Morgan fingerprint density at radius 1 is 1.16 bits per heavy atom. The molecule has 2 aromatic carbocycles. The van der Waals surface area contributed by atoms with Gasteiger partial charge in [-0.2, -0.15) is 0 Å². The third-order valence-corrected chi connectivity index (χ3v) is 4.91. The summed E-state index contributed by atoms with van der Waals surface area (Å²) in [6.07, 6.45) is 2.02. The molecule has 0 radical (unpaired) electrons. The second kappa shape index (κ2) is 7.25. The van der Waals surface area contributed by atoms with Crippen LogP contribution in [0.3, 0.4) is 0 Å². The fourth-order valence-corrected chi connectivity index (χ4v) is 3.18. The summed E-state index contributed by atoms with van der Waals surface area (Å²) >= 11 is 6.65. The predicted molar refractivity (Wildman–Crippen MR) is 104 cm³/mol. The lowest BCUT2D eigenvalue weighted by molar-refractivity contribution is 0.0940. The third-order valence-electron chi connectivity index (χ3n) is 3.97. The highest BCUT2D eigenvalue weighted by atomic mass is 32.2. The molecule has 0 bridgehead atoms. The summed E-state index contributed by atoms with van der Waals surface area (Å²) in [5, 5.41) is 3.44. The summed E-state index contributed by atoms with van der Waals surface area (Å²) in [5.41, 5.74) is 1.77. The van der Waals surface area contributed by atoms with Crippen LogP contribution in [0.4, 0.5) is 0 Å². The van der Waals surface area contributed by atoms with E-state index < -0.39 is 0 Å². The number of hydrogen-bond donors (Lipinski definition) is 3. The topological polar surface area (TPSA) is 77.8 Å². The lowest BCUT2D eigenvalue weighted by Crippen LogP contribution is -2.26. The number of rotatable bonds is 4. The number of carbonyl (C=O) groups is 1. The van der Waals surface area contributed by atoms with Crippen LogP contribution in [-0.2, 0) is 0 Å². The van der Waals surface area contributed by atoms with Gasteiger partial charge in [0.2, 0.25) is 0 Å². The van der Waals surface area contributed by atoms with E-state index in [2.05, 4.69) is 15.3 Å². The van der Waals surface area contributed by atoms with Crippen molar-refractivity contribution in [2.75, 3.05) is 6.26 Å². The highest BCUT2D eigenvalue weighted by molar-refractivity contribution is 7.98. The maximum Gasteiger partial charge on any atom is 0.259 e. The summed E-state index contributed by atoms with van der Waals surface area (Å²) in [6, 6.07) is 12.8. The van der Waals surface area contributed by atoms with Gasteiger partial charge in [0.1, 0.15) is 0 Å². The number of H-pyrrole nitrogens is 2. The van der Waals surface area contributed by atoms with Crippen LogP contribution in [0.1, 0.15) is 28.9 Å². The Hall–Kier alpha value is -2.38. The molecule has 25 heavy (non-hydrogen) atoms. The molecule has 3 N–H and O–H groups in total. The molecular formula is C18H17N3O2S2. The van der Waals surface area contributed by atoms with Crippen LogP contribution in [0.5, 0.6) is 0 Å². The van der Waals surface area contributed by atoms with Gasteiger partial charge in [0, 0.05) is 10.5 Å². The van der Waals surface area contributed by atoms with Gasteiger partial charge in [-0.3, -0.25) is 14.6 Å². The normalized spacial score (nSPS) is 12.1. The molecule has 5 nitrogen and oxygen atoms in total. The average molecular weight is 371 g/mol. The zero-order valence-corrected chi connectivity index (χ0v) is 15.4. The van der Waals surface area contributed by atoms with Crippen molar-refractivity contribution in [2.24, 2.45) is 0 Å². The molecule has 0 aliphatic carbocycles. The number of carbonyl (C=O) groups excluding carboxylic acids is 1. The van der Waals surface area contributed by atoms with Gasteiger partial charge in [0.05, 0.1) is 16.9 Å². The van der Waals surface area contributed by atoms with E-state index in [1.54, 1.807) is 30.0 Å². The SMILES string of the molecule is CSc1ccc([C@@H](C)NC(=O)c2ccc3c(=O)[nH]c(=S)[nH]c3c2)cc1. The lowest BCUT2D eigenvalue weighted by atomic mass is 10.1. The molecule has 0 aliphatic rings. The minimum atomic E-state index is -0.270. The minimum absolute atomic E-state index is 0.128. The largest absolute Gasteiger partial charge is 0.346 e. The van der Waals surface area contributed by atoms with Gasteiger partial charge in [-0.05, 0) is 61.3 Å². The average Bonchev–Trinajstić information content (AvgIpc) is 2.61. The van der Waals surface area contributed by atoms with E-state index in [9.17, 15) is 9.59 Å². The first-order valence-electron chi connectivity index (χ1n) is 7.69. The molecule has 0 spiro atoms. The standard InChI is InChI=1S/C18H17N3O2S2/c1-10(11-3-6-13(25-2)7-4-11)19-16(22)12-5-8-14-15(9-12)20-18(24)21-17(14)23/h3-10H,1-2H3,(H,19,22)(H2,20,21,23,24)/t10-/m1/s1. The van der Waals surface area contributed by atoms with E-state index in [4.69, 9.17) is 12.2 Å². The molecule has 128 valence electrons. The number of nitrogens with one attached hydrogen (secondary N) is 3. The number of amides is 1. The Bertz CT molecular complexity index is 1040. The number of aromatic amines is 2. The van der Waals surface area contributed by atoms with Crippen molar-refractivity contribution in [3.05, 3.63) is 68.7 Å². The number of hydrogen-bond acceptors (Lipinski definition) is 4. The maximum atomic E-state index is 12.5. The molecule has 1 amide bonds. The van der Waals surface area contributed by atoms with Crippen molar-refractivity contribution in [3.63, 3.8) is 0 Å². The van der Waals surface area contributed by atoms with Crippen molar-refractivity contribution in [2.45, 2.75) is 17.9 Å². The quantitative estimate of drug-likeness (QED) is 0.481. The molecule has 3 aromatic rings. The summed E-state index contributed by atoms with van der Waals surface area (Å²) in [5.74, 6) is -0.206. The molecule has 0 fully saturated rings. The smallest absolute Gasteiger partial charge is 0.259 e. The van der Waals surface area contributed by atoms with Crippen LogP contribution in [0, 0.1) is 4.77 Å². The number of fused-ring (bicyclic) bond motifs is 1. The van der Waals surface area contributed by atoms with E-state index in [0.717, 1.165) is 5.56 Å². The second-order valence-electron chi connectivity index (χ2n) is 5.64. The van der Waals surface area contributed by atoms with E-state index in [0.29, 0.717) is 16.5 Å². The van der Waals surface area contributed by atoms with Crippen molar-refractivity contribution in [1.29, 1.82) is 0 Å². The van der Waals surface area contributed by atoms with Crippen molar-refractivity contribution in [1.82, 2.24) is 15.3 Å². The van der Waals surface area contributed by atoms with E-state index in [-0.39, 0.29) is 22.3 Å². The summed E-state index contributed by atoms with van der Waals surface area (Å²) in [6.45, 7) is 1.94. The van der Waals surface area contributed by atoms with Gasteiger partial charge >= 0.3 is 0 Å². The Morgan fingerprint density at radius 3 is 2.56 bits per heavy atom. The number of aromatic nitrogens is 2. The highest BCUT2D eigenvalue weighted by Gasteiger charge is 2.12. The molecule has 1 aromatic heterocycles. The Labute approximate surface area is 153 Å². The van der Waals surface area contributed by atoms with E-state index in [1.807, 2.05) is 37.4 Å². The summed E-state index contributed by atoms with van der Waals surface area (Å²) < 4.78 is 0.234. The van der Waals surface area contributed by atoms with Crippen LogP contribution in [-0.4, -0.2) is 22.1 Å². The third kappa shape index (κ3) is 3.83. The van der Waals surface area contributed by atoms with Gasteiger partial charge in [-0.15, -0.1) is 11.8 Å². The molecule has 3 rings (SSSR count). The first-order chi connectivity index (χ1) is 12.0. The summed E-state index contributed by atoms with van der Waals surface area (Å²) in [4.78, 5) is 31.0. The zero-order chi connectivity index (χ0) is 18.0. The van der Waals surface area contributed by atoms with Crippen LogP contribution in [0.2, 0.25) is 0 Å². The number of thioether (sulfide) groups is 1. The molecule has 0 saturated carbocycles. The Morgan fingerprint density at radius 2 is 1.88 bits per heavy atom. The molecule has 0 unspecified atom stereocenters. The minimum Gasteiger partial charge on any atom is -0.346 e. The fraction of sp³-hybridized carbons (Fsp3) is 0.167. The monoisotopic (exact) mass is 371 g/mol. The first-order valence-corrected chi connectivity index (χ1v) is 9.32. The van der Waals surface area contributed by atoms with Gasteiger partial charge in [-0.1, -0.05) is 12.1 Å². The van der Waals surface area contributed by atoms with Crippen molar-refractivity contribution in [3.8, 4) is 0 Å². The Balaban J connectivity index is 1.83. The van der Waals surface area contributed by atoms with Crippen molar-refractivity contribution < 1.29 is 4.79 Å². The summed E-state index contributed by atoms with van der Waals surface area (Å²) in [7, 11) is 0. The second-order valence-corrected chi connectivity index (χ2v) is 6.92. The van der Waals surface area contributed by atoms with Crippen LogP contribution >= 0.6 is 24.0 Å². The molecule has 1 atom stereocenters. The number of benzene rings is 2. The first kappa shape index (κ1) is 17.4. The van der Waals surface area contributed by atoms with Gasteiger partial charge in [0.25, 0.3) is 11.5 Å². The van der Waals surface area contributed by atoms with Gasteiger partial charge in [-0.25, -0.2) is 0 Å². The molecule has 7 heteroatoms. The zero-order valence-electron chi connectivity index (χ0n) is 13.8. The van der Waals surface area contributed by atoms with Crippen LogP contribution < -0.4 is 10.9 Å². The Kier molecular flexibility index (Phi) is 5.06. The van der Waals surface area contributed by atoms with E-state index >= 15 is 0 Å². The molecule has 0 aliphatic heterocycles. The van der Waals surface area contributed by atoms with Crippen LogP contribution in [0.15, 0.2) is 52.2 Å². The highest BCUT2D eigenvalue weighted by Crippen LogP contribution is 2.19. The van der Waals surface area contributed by atoms with Crippen LogP contribution in [0.25, 0.3) is 10.9 Å².